The number of carbonyl (C=O) groups is 1. The van der Waals surface area contributed by atoms with Crippen LogP contribution in [0.1, 0.15) is 44.7 Å². The van der Waals surface area contributed by atoms with Crippen molar-refractivity contribution >= 4 is 5.91 Å². The van der Waals surface area contributed by atoms with Crippen LogP contribution in [0, 0.1) is 17.6 Å². The zero-order chi connectivity index (χ0) is 21.7. The zero-order valence-corrected chi connectivity index (χ0v) is 16.0. The second-order valence-corrected chi connectivity index (χ2v) is 7.76. The fourth-order valence-electron chi connectivity index (χ4n) is 4.60. The van der Waals surface area contributed by atoms with E-state index in [9.17, 15) is 22.4 Å². The first-order valence-electron chi connectivity index (χ1n) is 9.76. The van der Waals surface area contributed by atoms with E-state index in [0.29, 0.717) is 17.5 Å². The van der Waals surface area contributed by atoms with Crippen LogP contribution in [0.2, 0.25) is 0 Å². The number of aromatic amines is 1. The number of nitrogens with one attached hydrogen (secondary N) is 2. The van der Waals surface area contributed by atoms with Gasteiger partial charge in [-0.05, 0) is 47.6 Å². The summed E-state index contributed by atoms with van der Waals surface area (Å²) in [6.45, 7) is -2.80. The molecule has 5 rings (SSSR count). The number of nitrogens with zero attached hydrogens (tertiary/aromatic N) is 1. The number of H-pyrrole nitrogens is 1. The van der Waals surface area contributed by atoms with Crippen molar-refractivity contribution in [2.24, 2.45) is 5.92 Å². The van der Waals surface area contributed by atoms with Gasteiger partial charge in [-0.15, -0.1) is 0 Å². The molecule has 0 radical (unpaired) electrons. The Balaban J connectivity index is 1.26. The Morgan fingerprint density at radius 2 is 2.03 bits per heavy atom. The van der Waals surface area contributed by atoms with Crippen LogP contribution < -0.4 is 10.1 Å². The van der Waals surface area contributed by atoms with Crippen molar-refractivity contribution < 1.29 is 27.1 Å². The molecule has 2 aliphatic carbocycles. The molecule has 1 fully saturated rings. The van der Waals surface area contributed by atoms with Gasteiger partial charge in [-0.25, -0.2) is 8.78 Å². The quantitative estimate of drug-likeness (QED) is 0.573. The van der Waals surface area contributed by atoms with Crippen molar-refractivity contribution in [3.8, 4) is 5.75 Å². The first kappa shape index (κ1) is 19.6. The molecule has 0 saturated heterocycles. The SMILES string of the molecule is O=C(NCc1cccc(OC(F)F)c1)c1n[nH]c2c1CC1C(c3ccc(F)cc3F)C21. The molecule has 3 aromatic rings. The molecule has 1 heterocycles. The molecular weight excluding hydrogens is 414 g/mol. The van der Waals surface area contributed by atoms with Crippen molar-refractivity contribution in [1.82, 2.24) is 15.5 Å². The number of halogens is 4. The normalized spacial score (nSPS) is 21.0. The highest BCUT2D eigenvalue weighted by molar-refractivity contribution is 5.94. The van der Waals surface area contributed by atoms with E-state index in [4.69, 9.17) is 0 Å². The Morgan fingerprint density at radius 1 is 1.19 bits per heavy atom. The highest BCUT2D eigenvalue weighted by Crippen LogP contribution is 2.66. The summed E-state index contributed by atoms with van der Waals surface area (Å²) < 4.78 is 56.4. The Bertz CT molecular complexity index is 1160. The Labute approximate surface area is 174 Å². The maximum atomic E-state index is 14.1. The van der Waals surface area contributed by atoms with Gasteiger partial charge in [-0.2, -0.15) is 13.9 Å². The van der Waals surface area contributed by atoms with Gasteiger partial charge in [-0.1, -0.05) is 18.2 Å². The standard InChI is InChI=1S/C22H17F4N3O2/c23-11-4-5-13(16(24)7-11)17-14-8-15-19(18(14)17)28-29-20(15)21(30)27-9-10-2-1-3-12(6-10)31-22(25)26/h1-7,14,17-18,22H,8-9H2,(H,27,30)(H,28,29). The number of fused-ring (bicyclic) bond motifs is 3. The van der Waals surface area contributed by atoms with E-state index in [1.54, 1.807) is 12.1 Å². The van der Waals surface area contributed by atoms with Crippen LogP contribution in [0.3, 0.4) is 0 Å². The molecule has 9 heteroatoms. The molecule has 5 nitrogen and oxygen atoms in total. The van der Waals surface area contributed by atoms with Crippen LogP contribution in [0.25, 0.3) is 0 Å². The topological polar surface area (TPSA) is 67.0 Å². The highest BCUT2D eigenvalue weighted by atomic mass is 19.3. The Kier molecular flexibility index (Phi) is 4.68. The molecule has 1 amide bonds. The number of hydrogen-bond donors (Lipinski definition) is 2. The lowest BCUT2D eigenvalue weighted by atomic mass is 10.00. The van der Waals surface area contributed by atoms with E-state index >= 15 is 0 Å². The van der Waals surface area contributed by atoms with Gasteiger partial charge >= 0.3 is 6.61 Å². The fraction of sp³-hybridized carbons (Fsp3) is 0.273. The van der Waals surface area contributed by atoms with Crippen LogP contribution in [0.15, 0.2) is 42.5 Å². The maximum absolute atomic E-state index is 14.1. The summed E-state index contributed by atoms with van der Waals surface area (Å²) in [7, 11) is 0. The number of alkyl halides is 2. The number of amides is 1. The monoisotopic (exact) mass is 431 g/mol. The predicted molar refractivity (Wildman–Crippen MR) is 102 cm³/mol. The summed E-state index contributed by atoms with van der Waals surface area (Å²) in [5.74, 6) is -1.41. The molecule has 31 heavy (non-hydrogen) atoms. The summed E-state index contributed by atoms with van der Waals surface area (Å²) in [6.07, 6.45) is 0.582. The Hall–Kier alpha value is -3.36. The number of ether oxygens (including phenoxy) is 1. The first-order chi connectivity index (χ1) is 14.9. The van der Waals surface area contributed by atoms with Crippen LogP contribution in [0.5, 0.6) is 5.75 Å². The minimum atomic E-state index is -2.92. The maximum Gasteiger partial charge on any atom is 0.387 e. The summed E-state index contributed by atoms with van der Waals surface area (Å²) in [5.41, 5.74) is 2.99. The molecule has 160 valence electrons. The molecule has 0 bridgehead atoms. The first-order valence-corrected chi connectivity index (χ1v) is 9.76. The van der Waals surface area contributed by atoms with Crippen LogP contribution >= 0.6 is 0 Å². The molecule has 2 aromatic carbocycles. The third kappa shape index (κ3) is 3.54. The van der Waals surface area contributed by atoms with Crippen LogP contribution in [-0.4, -0.2) is 22.7 Å². The van der Waals surface area contributed by atoms with E-state index in [0.717, 1.165) is 17.3 Å². The summed E-state index contributed by atoms with van der Waals surface area (Å²) in [6, 6.07) is 9.70. The molecule has 2 N–H and O–H groups in total. The van der Waals surface area contributed by atoms with E-state index in [-0.39, 0.29) is 41.6 Å². The summed E-state index contributed by atoms with van der Waals surface area (Å²) in [4.78, 5) is 12.6. The summed E-state index contributed by atoms with van der Waals surface area (Å²) in [5, 5.41) is 9.77. The number of benzene rings is 2. The number of rotatable bonds is 6. The van der Waals surface area contributed by atoms with E-state index < -0.39 is 18.2 Å². The summed E-state index contributed by atoms with van der Waals surface area (Å²) >= 11 is 0. The lowest BCUT2D eigenvalue weighted by molar-refractivity contribution is -0.0498. The largest absolute Gasteiger partial charge is 0.435 e. The third-order valence-electron chi connectivity index (χ3n) is 5.95. The van der Waals surface area contributed by atoms with Crippen molar-refractivity contribution in [2.75, 3.05) is 0 Å². The van der Waals surface area contributed by atoms with Gasteiger partial charge in [0.15, 0.2) is 5.69 Å². The van der Waals surface area contributed by atoms with Crippen molar-refractivity contribution in [3.05, 3.63) is 82.2 Å². The minimum Gasteiger partial charge on any atom is -0.435 e. The number of carbonyl (C=O) groups excluding carboxylic acids is 1. The van der Waals surface area contributed by atoms with E-state index in [1.807, 2.05) is 0 Å². The smallest absolute Gasteiger partial charge is 0.387 e. The fourth-order valence-corrected chi connectivity index (χ4v) is 4.60. The molecule has 1 aromatic heterocycles. The molecule has 0 aliphatic heterocycles. The molecule has 3 atom stereocenters. The van der Waals surface area contributed by atoms with Crippen molar-refractivity contribution in [2.45, 2.75) is 31.4 Å². The highest BCUT2D eigenvalue weighted by Gasteiger charge is 2.59. The van der Waals surface area contributed by atoms with Gasteiger partial charge in [0.2, 0.25) is 0 Å². The molecule has 3 unspecified atom stereocenters. The molecule has 1 saturated carbocycles. The Morgan fingerprint density at radius 3 is 2.81 bits per heavy atom. The van der Waals surface area contributed by atoms with Gasteiger partial charge in [-0.3, -0.25) is 9.89 Å². The van der Waals surface area contributed by atoms with Crippen molar-refractivity contribution in [1.29, 1.82) is 0 Å². The van der Waals surface area contributed by atoms with E-state index in [1.165, 1.54) is 24.3 Å². The van der Waals surface area contributed by atoms with Crippen molar-refractivity contribution in [3.63, 3.8) is 0 Å². The zero-order valence-electron chi connectivity index (χ0n) is 16.0. The lowest BCUT2D eigenvalue weighted by Gasteiger charge is -2.09. The van der Waals surface area contributed by atoms with E-state index in [2.05, 4.69) is 20.3 Å². The van der Waals surface area contributed by atoms with Crippen LogP contribution in [-0.2, 0) is 13.0 Å². The average molecular weight is 431 g/mol. The van der Waals surface area contributed by atoms with Gasteiger partial charge < -0.3 is 10.1 Å². The third-order valence-corrected chi connectivity index (χ3v) is 5.95. The molecule has 2 aliphatic rings. The van der Waals surface area contributed by atoms with Gasteiger partial charge in [0.1, 0.15) is 17.4 Å². The minimum absolute atomic E-state index is 0.0153. The second-order valence-electron chi connectivity index (χ2n) is 7.76. The number of aromatic nitrogens is 2. The van der Waals surface area contributed by atoms with Gasteiger partial charge in [0.25, 0.3) is 5.91 Å². The average Bonchev–Trinajstić information content (AvgIpc) is 3.05. The lowest BCUT2D eigenvalue weighted by Crippen LogP contribution is -2.24. The molecule has 0 spiro atoms. The molecular formula is C22H17F4N3O2. The van der Waals surface area contributed by atoms with Gasteiger partial charge in [0, 0.05) is 29.8 Å². The van der Waals surface area contributed by atoms with Crippen LogP contribution in [0.4, 0.5) is 17.6 Å². The second kappa shape index (κ2) is 7.40. The predicted octanol–water partition coefficient (Wildman–Crippen LogP) is 4.27. The van der Waals surface area contributed by atoms with Gasteiger partial charge in [0.05, 0.1) is 0 Å². The number of hydrogen-bond acceptors (Lipinski definition) is 3.